The van der Waals surface area contributed by atoms with E-state index in [2.05, 4.69) is 59.7 Å². The van der Waals surface area contributed by atoms with Crippen molar-refractivity contribution in [3.05, 3.63) is 84.7 Å². The minimum absolute atomic E-state index is 0.302. The number of aromatic nitrogens is 3. The lowest BCUT2D eigenvalue weighted by molar-refractivity contribution is 0.0107. The highest BCUT2D eigenvalue weighted by molar-refractivity contribution is 5.94. The quantitative estimate of drug-likeness (QED) is 0.213. The lowest BCUT2D eigenvalue weighted by Gasteiger charge is -2.57. The lowest BCUT2D eigenvalue weighted by atomic mass is 9.53. The van der Waals surface area contributed by atoms with E-state index >= 15 is 0 Å². The van der Waals surface area contributed by atoms with Gasteiger partial charge in [-0.2, -0.15) is 0 Å². The molecule has 1 amide bonds. The summed E-state index contributed by atoms with van der Waals surface area (Å²) in [7, 11) is 0. The Balaban J connectivity index is 1.01. The van der Waals surface area contributed by atoms with Crippen LogP contribution in [-0.2, 0) is 0 Å². The first kappa shape index (κ1) is 23.7. The smallest absolute Gasteiger partial charge is 0.360 e. The van der Waals surface area contributed by atoms with Crippen LogP contribution in [0.4, 0.5) is 11.5 Å². The Morgan fingerprint density at radius 1 is 0.872 bits per heavy atom. The summed E-state index contributed by atoms with van der Waals surface area (Å²) in [6, 6.07) is 21.1. The summed E-state index contributed by atoms with van der Waals surface area (Å²) in [4.78, 5) is 28.0. The summed E-state index contributed by atoms with van der Waals surface area (Å²) in [5, 5.41) is 11.4. The number of H-pyrrole nitrogens is 1. The second-order valence-corrected chi connectivity index (χ2v) is 11.4. The number of rotatable bonds is 6. The Kier molecular flexibility index (Phi) is 5.90. The Hall–Kier alpha value is -4.42. The Morgan fingerprint density at radius 3 is 2.23 bits per heavy atom. The highest BCUT2D eigenvalue weighted by Crippen LogP contribution is 2.56. The molecule has 4 aliphatic carbocycles. The van der Waals surface area contributed by atoms with Gasteiger partial charge in [0.1, 0.15) is 5.82 Å². The predicted molar refractivity (Wildman–Crippen MR) is 149 cm³/mol. The number of hydrogen-bond acceptors (Lipinski definition) is 5. The fourth-order valence-corrected chi connectivity index (χ4v) is 7.27. The highest BCUT2D eigenvalue weighted by Gasteiger charge is 2.50. The molecule has 4 aliphatic rings. The summed E-state index contributed by atoms with van der Waals surface area (Å²) in [5.74, 6) is 3.52. The lowest BCUT2D eigenvalue weighted by Crippen LogP contribution is -2.54. The van der Waals surface area contributed by atoms with E-state index in [4.69, 9.17) is 0 Å². The minimum atomic E-state index is -0.464. The van der Waals surface area contributed by atoms with Gasteiger partial charge in [0.05, 0.1) is 11.9 Å². The van der Waals surface area contributed by atoms with E-state index in [9.17, 15) is 4.79 Å². The number of carbonyl (C=O) groups excluding carboxylic acids is 1. The molecule has 0 saturated heterocycles. The average Bonchev–Trinajstić information content (AvgIpc) is 3.44. The maximum Gasteiger partial charge on any atom is 0.360 e. The molecule has 2 aromatic heterocycles. The van der Waals surface area contributed by atoms with E-state index in [0.29, 0.717) is 16.9 Å². The van der Waals surface area contributed by atoms with E-state index in [0.717, 1.165) is 40.4 Å². The van der Waals surface area contributed by atoms with Gasteiger partial charge >= 0.3 is 5.91 Å². The Morgan fingerprint density at radius 2 is 1.56 bits per heavy atom. The SMILES string of the molecule is O=C(N=[N+]=Nc1ccccn1)c1ccc(-c2cnc(-c3ccc(NC45CC6CC(CC(C6)C4)C5)cc3)[nH]2)cc1. The van der Waals surface area contributed by atoms with Crippen LogP contribution in [0.25, 0.3) is 22.6 Å². The number of benzene rings is 2. The van der Waals surface area contributed by atoms with Gasteiger partial charge in [0.15, 0.2) is 5.11 Å². The van der Waals surface area contributed by atoms with Gasteiger partial charge in [0.2, 0.25) is 15.8 Å². The van der Waals surface area contributed by atoms with Crippen molar-refractivity contribution in [1.82, 2.24) is 19.9 Å². The summed E-state index contributed by atoms with van der Waals surface area (Å²) in [6.45, 7) is 0. The zero-order valence-corrected chi connectivity index (χ0v) is 21.6. The third-order valence-corrected chi connectivity index (χ3v) is 8.56. The van der Waals surface area contributed by atoms with Crippen LogP contribution < -0.4 is 10.2 Å². The van der Waals surface area contributed by atoms with Crippen LogP contribution in [0.5, 0.6) is 0 Å². The number of pyridine rings is 1. The van der Waals surface area contributed by atoms with Crippen molar-refractivity contribution in [2.45, 2.75) is 44.1 Å². The van der Waals surface area contributed by atoms with Gasteiger partial charge in [0.25, 0.3) is 0 Å². The molecule has 8 rings (SSSR count). The van der Waals surface area contributed by atoms with Crippen LogP contribution in [-0.4, -0.2) is 26.4 Å². The first-order valence-corrected chi connectivity index (χ1v) is 13.7. The molecule has 2 heterocycles. The second kappa shape index (κ2) is 9.71. The molecule has 194 valence electrons. The molecule has 4 fully saturated rings. The van der Waals surface area contributed by atoms with Crippen LogP contribution in [0, 0.1) is 17.8 Å². The monoisotopic (exact) mass is 516 g/mol. The number of aromatic amines is 1. The molecule has 0 radical (unpaired) electrons. The van der Waals surface area contributed by atoms with Gasteiger partial charge in [-0.1, -0.05) is 18.2 Å². The third kappa shape index (κ3) is 4.91. The molecule has 0 aliphatic heterocycles. The molecule has 0 atom stereocenters. The van der Waals surface area contributed by atoms with Crippen molar-refractivity contribution in [3.8, 4) is 22.6 Å². The van der Waals surface area contributed by atoms with Crippen molar-refractivity contribution in [2.24, 2.45) is 28.0 Å². The molecule has 4 saturated carbocycles. The number of nitrogens with zero attached hydrogens (tertiary/aromatic N) is 5. The zero-order valence-electron chi connectivity index (χ0n) is 21.6. The summed E-state index contributed by atoms with van der Waals surface area (Å²) >= 11 is 0. The molecule has 2 aromatic carbocycles. The van der Waals surface area contributed by atoms with E-state index in [1.54, 1.807) is 36.5 Å². The Labute approximate surface area is 226 Å². The molecule has 2 N–H and O–H groups in total. The maximum absolute atomic E-state index is 12.3. The third-order valence-electron chi connectivity index (χ3n) is 8.56. The number of anilines is 1. The molecular weight excluding hydrogens is 486 g/mol. The topological polar surface area (TPSA) is 109 Å². The van der Waals surface area contributed by atoms with Crippen molar-refractivity contribution >= 4 is 17.4 Å². The predicted octanol–water partition coefficient (Wildman–Crippen LogP) is 6.96. The maximum atomic E-state index is 12.3. The van der Waals surface area contributed by atoms with Crippen LogP contribution in [0.2, 0.25) is 0 Å². The van der Waals surface area contributed by atoms with Gasteiger partial charge in [-0.05, 0) is 110 Å². The van der Waals surface area contributed by atoms with Gasteiger partial charge in [-0.15, -0.1) is 0 Å². The molecule has 0 unspecified atom stereocenters. The second-order valence-electron chi connectivity index (χ2n) is 11.4. The molecule has 39 heavy (non-hydrogen) atoms. The molecular formula is C31H30N7O+. The number of imidazole rings is 1. The molecule has 8 nitrogen and oxygen atoms in total. The van der Waals surface area contributed by atoms with Crippen LogP contribution in [0.15, 0.2) is 89.4 Å². The first-order chi connectivity index (χ1) is 19.1. The van der Waals surface area contributed by atoms with Crippen LogP contribution >= 0.6 is 0 Å². The summed E-state index contributed by atoms with van der Waals surface area (Å²) < 4.78 is 0. The standard InChI is InChI=1S/C31H29N7O/c39-30(37-38-36-28-3-1-2-12-32-28)25-6-4-23(5-7-25)27-19-33-29(34-27)24-8-10-26(11-9-24)35-31-16-20-13-21(17-31)15-22(14-20)18-31/h1-12,19-22H,13-18H2,(H,32,36,37,39)/p+1. The van der Waals surface area contributed by atoms with E-state index in [1.807, 2.05) is 18.3 Å². The van der Waals surface area contributed by atoms with Gasteiger partial charge in [-0.3, -0.25) is 4.79 Å². The molecule has 4 aromatic rings. The van der Waals surface area contributed by atoms with E-state index in [1.165, 1.54) is 44.2 Å². The van der Waals surface area contributed by atoms with Gasteiger partial charge < -0.3 is 10.3 Å². The van der Waals surface area contributed by atoms with Crippen molar-refractivity contribution in [1.29, 1.82) is 0 Å². The number of amides is 1. The fraction of sp³-hybridized carbons (Fsp3) is 0.323. The molecule has 4 bridgehead atoms. The van der Waals surface area contributed by atoms with E-state index in [-0.39, 0.29) is 0 Å². The Bertz CT molecular complexity index is 1520. The van der Waals surface area contributed by atoms with E-state index < -0.39 is 5.91 Å². The highest BCUT2D eigenvalue weighted by atomic mass is 16.1. The summed E-state index contributed by atoms with van der Waals surface area (Å²) in [5.41, 5.74) is 4.79. The van der Waals surface area contributed by atoms with Crippen LogP contribution in [0.1, 0.15) is 48.9 Å². The normalized spacial score (nSPS) is 24.7. The van der Waals surface area contributed by atoms with Gasteiger partial charge in [-0.25, -0.2) is 9.97 Å². The largest absolute Gasteiger partial charge is 0.380 e. The molecule has 0 spiro atoms. The number of carbonyl (C=O) groups is 1. The van der Waals surface area contributed by atoms with Gasteiger partial charge in [0, 0.05) is 28.6 Å². The van der Waals surface area contributed by atoms with Crippen molar-refractivity contribution < 1.29 is 4.79 Å². The van der Waals surface area contributed by atoms with Crippen LogP contribution in [0.3, 0.4) is 0 Å². The molecule has 8 heteroatoms. The average molecular weight is 517 g/mol. The fourth-order valence-electron chi connectivity index (χ4n) is 7.27. The number of nitrogens with one attached hydrogen (secondary N) is 2. The van der Waals surface area contributed by atoms with Crippen molar-refractivity contribution in [2.75, 3.05) is 5.32 Å². The first-order valence-electron chi connectivity index (χ1n) is 13.7. The zero-order chi connectivity index (χ0) is 26.2. The minimum Gasteiger partial charge on any atom is -0.380 e. The van der Waals surface area contributed by atoms with Crippen molar-refractivity contribution in [3.63, 3.8) is 0 Å². The summed E-state index contributed by atoms with van der Waals surface area (Å²) in [6.07, 6.45) is 11.8. The number of hydrogen-bond donors (Lipinski definition) is 2.